The van der Waals surface area contributed by atoms with Crippen molar-refractivity contribution < 1.29 is 0 Å². The second-order valence-electron chi connectivity index (χ2n) is 6.62. The summed E-state index contributed by atoms with van der Waals surface area (Å²) in [4.78, 5) is 7.04. The van der Waals surface area contributed by atoms with E-state index in [1.165, 1.54) is 34.9 Å². The quantitative estimate of drug-likeness (QED) is 0.872. The van der Waals surface area contributed by atoms with Crippen molar-refractivity contribution in [2.45, 2.75) is 59.0 Å². The van der Waals surface area contributed by atoms with Crippen LogP contribution >= 0.6 is 11.3 Å². The zero-order valence-corrected chi connectivity index (χ0v) is 16.1. The van der Waals surface area contributed by atoms with E-state index < -0.39 is 0 Å². The number of nitrogens with zero attached hydrogens (tertiary/aromatic N) is 4. The molecule has 1 aliphatic rings. The fourth-order valence-corrected chi connectivity index (χ4v) is 4.46. The zero-order valence-electron chi connectivity index (χ0n) is 15.3. The van der Waals surface area contributed by atoms with Crippen LogP contribution in [-0.4, -0.2) is 33.9 Å². The first-order chi connectivity index (χ1) is 11.6. The number of anilines is 1. The van der Waals surface area contributed by atoms with Crippen molar-refractivity contribution in [2.75, 3.05) is 18.0 Å². The van der Waals surface area contributed by atoms with E-state index in [0.29, 0.717) is 6.04 Å². The average molecular weight is 348 g/mol. The maximum absolute atomic E-state index is 4.68. The molecule has 0 bridgehead atoms. The van der Waals surface area contributed by atoms with Gasteiger partial charge in [-0.3, -0.25) is 4.68 Å². The molecule has 0 aliphatic carbocycles. The molecule has 0 aromatic carbocycles. The first-order valence-corrected chi connectivity index (χ1v) is 9.94. The summed E-state index contributed by atoms with van der Waals surface area (Å²) in [5.41, 5.74) is 5.17. The third kappa shape index (κ3) is 3.64. The normalized spacial score (nSPS) is 16.1. The van der Waals surface area contributed by atoms with Crippen LogP contribution in [0.5, 0.6) is 0 Å². The van der Waals surface area contributed by atoms with E-state index in [9.17, 15) is 0 Å². The van der Waals surface area contributed by atoms with Crippen LogP contribution in [0.25, 0.3) is 0 Å². The molecule has 1 fully saturated rings. The fraction of sp³-hybridized carbons (Fsp3) is 0.667. The summed E-state index contributed by atoms with van der Waals surface area (Å²) in [6, 6.07) is 0.594. The Morgan fingerprint density at radius 3 is 2.58 bits per heavy atom. The van der Waals surface area contributed by atoms with E-state index in [1.54, 1.807) is 11.3 Å². The Bertz CT molecular complexity index is 667. The average Bonchev–Trinajstić information content (AvgIpc) is 3.16. The van der Waals surface area contributed by atoms with Crippen molar-refractivity contribution in [3.05, 3.63) is 28.0 Å². The highest BCUT2D eigenvalue weighted by molar-refractivity contribution is 7.13. The first-order valence-electron chi connectivity index (χ1n) is 9.06. The molecule has 1 saturated heterocycles. The van der Waals surface area contributed by atoms with E-state index >= 15 is 0 Å². The predicted octanol–water partition coefficient (Wildman–Crippen LogP) is 3.07. The molecule has 1 N–H and O–H groups in total. The second kappa shape index (κ2) is 7.66. The highest BCUT2D eigenvalue weighted by Crippen LogP contribution is 2.24. The number of aryl methyl sites for hydroxylation is 3. The maximum atomic E-state index is 4.68. The van der Waals surface area contributed by atoms with E-state index in [0.717, 1.165) is 38.2 Å². The molecule has 1 aliphatic heterocycles. The molecular formula is C18H29N5S. The Balaban J connectivity index is 1.55. The molecule has 2 aromatic heterocycles. The van der Waals surface area contributed by atoms with Gasteiger partial charge in [0, 0.05) is 49.4 Å². The molecule has 6 heteroatoms. The highest BCUT2D eigenvalue weighted by Gasteiger charge is 2.22. The Morgan fingerprint density at radius 2 is 2.00 bits per heavy atom. The molecule has 0 atom stereocenters. The minimum absolute atomic E-state index is 0.594. The zero-order chi connectivity index (χ0) is 17.1. The summed E-state index contributed by atoms with van der Waals surface area (Å²) >= 11 is 1.76. The second-order valence-corrected chi connectivity index (χ2v) is 7.45. The molecule has 2 aromatic rings. The van der Waals surface area contributed by atoms with Gasteiger partial charge in [0.15, 0.2) is 5.13 Å². The van der Waals surface area contributed by atoms with Gasteiger partial charge in [-0.1, -0.05) is 13.8 Å². The van der Waals surface area contributed by atoms with Gasteiger partial charge in [0.2, 0.25) is 0 Å². The lowest BCUT2D eigenvalue weighted by Crippen LogP contribution is -2.42. The van der Waals surface area contributed by atoms with Crippen molar-refractivity contribution in [3.63, 3.8) is 0 Å². The minimum Gasteiger partial charge on any atom is -0.348 e. The Morgan fingerprint density at radius 1 is 1.25 bits per heavy atom. The number of rotatable bonds is 6. The third-order valence-electron chi connectivity index (χ3n) is 4.97. The van der Waals surface area contributed by atoms with Crippen LogP contribution in [0.2, 0.25) is 0 Å². The van der Waals surface area contributed by atoms with Gasteiger partial charge >= 0.3 is 0 Å². The molecule has 0 saturated carbocycles. The van der Waals surface area contributed by atoms with Gasteiger partial charge < -0.3 is 10.2 Å². The lowest BCUT2D eigenvalue weighted by Gasteiger charge is -2.32. The summed E-state index contributed by atoms with van der Waals surface area (Å²) in [5.74, 6) is 0. The standard InChI is InChI=1S/C18H29N5S/c1-5-16-15(17(6-2)22(4)21-16)11-19-14-7-9-23(10-8-14)18-20-13(3)12-24-18/h12,14,19H,5-11H2,1-4H3. The van der Waals surface area contributed by atoms with Crippen LogP contribution in [-0.2, 0) is 26.4 Å². The summed E-state index contributed by atoms with van der Waals surface area (Å²) in [6.45, 7) is 9.62. The van der Waals surface area contributed by atoms with Gasteiger partial charge in [0.25, 0.3) is 0 Å². The molecule has 24 heavy (non-hydrogen) atoms. The minimum atomic E-state index is 0.594. The van der Waals surface area contributed by atoms with Gasteiger partial charge in [-0.25, -0.2) is 4.98 Å². The van der Waals surface area contributed by atoms with E-state index in [1.807, 2.05) is 0 Å². The Kier molecular flexibility index (Phi) is 5.56. The number of nitrogens with one attached hydrogen (secondary N) is 1. The number of thiazole rings is 1. The monoisotopic (exact) mass is 347 g/mol. The van der Waals surface area contributed by atoms with Crippen molar-refractivity contribution >= 4 is 16.5 Å². The van der Waals surface area contributed by atoms with Gasteiger partial charge in [-0.05, 0) is 32.6 Å². The molecule has 0 radical (unpaired) electrons. The van der Waals surface area contributed by atoms with Gasteiger partial charge in [-0.15, -0.1) is 11.3 Å². The van der Waals surface area contributed by atoms with E-state index in [-0.39, 0.29) is 0 Å². The largest absolute Gasteiger partial charge is 0.348 e. The highest BCUT2D eigenvalue weighted by atomic mass is 32.1. The summed E-state index contributed by atoms with van der Waals surface area (Å²) in [6.07, 6.45) is 4.42. The molecule has 3 heterocycles. The van der Waals surface area contributed by atoms with Crippen molar-refractivity contribution in [1.29, 1.82) is 0 Å². The van der Waals surface area contributed by atoms with Crippen LogP contribution in [0.15, 0.2) is 5.38 Å². The number of piperidine rings is 1. The van der Waals surface area contributed by atoms with Crippen molar-refractivity contribution in [1.82, 2.24) is 20.1 Å². The lowest BCUT2D eigenvalue weighted by molar-refractivity contribution is 0.412. The van der Waals surface area contributed by atoms with Crippen molar-refractivity contribution in [2.24, 2.45) is 7.05 Å². The third-order valence-corrected chi connectivity index (χ3v) is 5.99. The molecule has 5 nitrogen and oxygen atoms in total. The summed E-state index contributed by atoms with van der Waals surface area (Å²) < 4.78 is 2.06. The summed E-state index contributed by atoms with van der Waals surface area (Å²) in [7, 11) is 2.07. The molecule has 0 amide bonds. The van der Waals surface area contributed by atoms with Crippen LogP contribution < -0.4 is 10.2 Å². The van der Waals surface area contributed by atoms with Crippen LogP contribution in [0.4, 0.5) is 5.13 Å². The SMILES string of the molecule is CCc1nn(C)c(CC)c1CNC1CCN(c2nc(C)cs2)CC1. The lowest BCUT2D eigenvalue weighted by atomic mass is 10.0. The maximum Gasteiger partial charge on any atom is 0.185 e. The first kappa shape index (κ1) is 17.4. The Hall–Kier alpha value is -1.40. The number of hydrogen-bond donors (Lipinski definition) is 1. The van der Waals surface area contributed by atoms with Gasteiger partial charge in [0.05, 0.1) is 11.4 Å². The number of aromatic nitrogens is 3. The van der Waals surface area contributed by atoms with Crippen LogP contribution in [0, 0.1) is 6.92 Å². The van der Waals surface area contributed by atoms with Crippen LogP contribution in [0.3, 0.4) is 0 Å². The smallest absolute Gasteiger partial charge is 0.185 e. The fourth-order valence-electron chi connectivity index (χ4n) is 3.60. The molecule has 3 rings (SSSR count). The topological polar surface area (TPSA) is 46.0 Å². The van der Waals surface area contributed by atoms with Gasteiger partial charge in [-0.2, -0.15) is 5.10 Å². The Labute approximate surface area is 149 Å². The molecule has 0 unspecified atom stereocenters. The number of hydrogen-bond acceptors (Lipinski definition) is 5. The van der Waals surface area contributed by atoms with E-state index in [4.69, 9.17) is 0 Å². The van der Waals surface area contributed by atoms with E-state index in [2.05, 4.69) is 58.2 Å². The van der Waals surface area contributed by atoms with Crippen molar-refractivity contribution in [3.8, 4) is 0 Å². The molecule has 132 valence electrons. The predicted molar refractivity (Wildman–Crippen MR) is 101 cm³/mol. The van der Waals surface area contributed by atoms with Gasteiger partial charge in [0.1, 0.15) is 0 Å². The molecule has 0 spiro atoms. The summed E-state index contributed by atoms with van der Waals surface area (Å²) in [5, 5.41) is 11.8. The molecular weight excluding hydrogens is 318 g/mol. The van der Waals surface area contributed by atoms with Crippen LogP contribution in [0.1, 0.15) is 49.3 Å².